The van der Waals surface area contributed by atoms with Gasteiger partial charge in [0.05, 0.1) is 0 Å². The Morgan fingerprint density at radius 2 is 1.84 bits per heavy atom. The molecule has 1 aromatic heterocycles. The van der Waals surface area contributed by atoms with Crippen molar-refractivity contribution in [3.63, 3.8) is 0 Å². The van der Waals surface area contributed by atoms with Crippen molar-refractivity contribution < 1.29 is 14.5 Å². The van der Waals surface area contributed by atoms with Gasteiger partial charge in [-0.15, -0.1) is 0 Å². The highest BCUT2D eigenvalue weighted by Gasteiger charge is 2.05. The van der Waals surface area contributed by atoms with Crippen LogP contribution in [0.1, 0.15) is 11.1 Å². The van der Waals surface area contributed by atoms with Crippen LogP contribution in [0.25, 0.3) is 12.2 Å². The molecule has 1 N–H and O–H groups in total. The number of hydrogen-bond acceptors (Lipinski definition) is 1. The summed E-state index contributed by atoms with van der Waals surface area (Å²) in [5.41, 5.74) is 2.02. The first-order chi connectivity index (χ1) is 9.13. The molecule has 0 fully saturated rings. The SMILES string of the molecule is O=C(O)C[n+]1ccc(/C=C\c2cccc(Cl)c2)cc1. The van der Waals surface area contributed by atoms with Gasteiger partial charge in [-0.3, -0.25) is 0 Å². The average Bonchev–Trinajstić information content (AvgIpc) is 2.37. The van der Waals surface area contributed by atoms with Crippen LogP contribution in [0.3, 0.4) is 0 Å². The minimum absolute atomic E-state index is 0.0295. The first-order valence-electron chi connectivity index (χ1n) is 5.78. The van der Waals surface area contributed by atoms with Crippen molar-refractivity contribution in [2.45, 2.75) is 6.54 Å². The number of rotatable bonds is 4. The average molecular weight is 275 g/mol. The number of benzene rings is 1. The van der Waals surface area contributed by atoms with E-state index in [9.17, 15) is 4.79 Å². The molecule has 2 aromatic rings. The number of nitrogens with zero attached hydrogens (tertiary/aromatic N) is 1. The second-order valence-electron chi connectivity index (χ2n) is 4.09. The third kappa shape index (κ3) is 4.23. The molecule has 0 atom stereocenters. The fourth-order valence-electron chi connectivity index (χ4n) is 1.64. The summed E-state index contributed by atoms with van der Waals surface area (Å²) in [5, 5.41) is 9.37. The normalized spacial score (nSPS) is 10.8. The fraction of sp³-hybridized carbons (Fsp3) is 0.0667. The van der Waals surface area contributed by atoms with Crippen LogP contribution in [0.5, 0.6) is 0 Å². The predicted octanol–water partition coefficient (Wildman–Crippen LogP) is 2.88. The molecule has 0 bridgehead atoms. The zero-order chi connectivity index (χ0) is 13.7. The van der Waals surface area contributed by atoms with Gasteiger partial charge in [0.15, 0.2) is 12.4 Å². The van der Waals surface area contributed by atoms with Crippen molar-refractivity contribution in [3.8, 4) is 0 Å². The van der Waals surface area contributed by atoms with Crippen molar-refractivity contribution in [1.29, 1.82) is 0 Å². The Hall–Kier alpha value is -2.13. The van der Waals surface area contributed by atoms with E-state index >= 15 is 0 Å². The summed E-state index contributed by atoms with van der Waals surface area (Å²) in [7, 11) is 0. The molecule has 0 unspecified atom stereocenters. The van der Waals surface area contributed by atoms with E-state index < -0.39 is 5.97 Å². The molecule has 1 heterocycles. The smallest absolute Gasteiger partial charge is 0.370 e. The van der Waals surface area contributed by atoms with Gasteiger partial charge in [-0.05, 0) is 23.3 Å². The maximum atomic E-state index is 10.5. The Kier molecular flexibility index (Phi) is 4.31. The van der Waals surface area contributed by atoms with E-state index in [0.717, 1.165) is 11.1 Å². The number of carboxylic acid groups (broad SMARTS) is 1. The van der Waals surface area contributed by atoms with E-state index in [4.69, 9.17) is 16.7 Å². The van der Waals surface area contributed by atoms with Crippen LogP contribution in [-0.2, 0) is 11.3 Å². The van der Waals surface area contributed by atoms with E-state index in [1.807, 2.05) is 48.6 Å². The molecule has 0 aliphatic rings. The minimum Gasteiger partial charge on any atom is -0.477 e. The van der Waals surface area contributed by atoms with E-state index in [1.54, 1.807) is 17.0 Å². The summed E-state index contributed by atoms with van der Waals surface area (Å²) < 4.78 is 1.61. The molecule has 2 rings (SSSR count). The van der Waals surface area contributed by atoms with Crippen molar-refractivity contribution in [3.05, 3.63) is 64.9 Å². The number of pyridine rings is 1. The van der Waals surface area contributed by atoms with Gasteiger partial charge in [-0.25, -0.2) is 4.79 Å². The van der Waals surface area contributed by atoms with Crippen LogP contribution < -0.4 is 4.57 Å². The highest BCUT2D eigenvalue weighted by molar-refractivity contribution is 6.30. The first kappa shape index (κ1) is 13.3. The van der Waals surface area contributed by atoms with Crippen LogP contribution in [-0.4, -0.2) is 11.1 Å². The van der Waals surface area contributed by atoms with Gasteiger partial charge in [-0.1, -0.05) is 35.9 Å². The molecule has 0 aliphatic heterocycles. The molecule has 19 heavy (non-hydrogen) atoms. The summed E-state index contributed by atoms with van der Waals surface area (Å²) >= 11 is 5.90. The summed E-state index contributed by atoms with van der Waals surface area (Å²) in [4.78, 5) is 10.5. The number of carboxylic acids is 1. The number of hydrogen-bond donors (Lipinski definition) is 1. The molecule has 0 aliphatic carbocycles. The Morgan fingerprint density at radius 1 is 1.16 bits per heavy atom. The molecule has 0 radical (unpaired) electrons. The summed E-state index contributed by atoms with van der Waals surface area (Å²) in [6, 6.07) is 11.3. The molecule has 0 amide bonds. The molecule has 1 aromatic carbocycles. The zero-order valence-electron chi connectivity index (χ0n) is 10.2. The van der Waals surface area contributed by atoms with Gasteiger partial charge in [0, 0.05) is 17.2 Å². The molecule has 0 spiro atoms. The number of aromatic nitrogens is 1. The van der Waals surface area contributed by atoms with Crippen LogP contribution in [0.4, 0.5) is 0 Å². The lowest BCUT2D eigenvalue weighted by Gasteiger charge is -1.95. The topological polar surface area (TPSA) is 41.2 Å². The number of aliphatic carboxylic acids is 1. The number of halogens is 1. The lowest BCUT2D eigenvalue weighted by atomic mass is 10.1. The fourth-order valence-corrected chi connectivity index (χ4v) is 1.84. The minimum atomic E-state index is -0.854. The van der Waals surface area contributed by atoms with E-state index in [-0.39, 0.29) is 6.54 Å². The Morgan fingerprint density at radius 3 is 2.47 bits per heavy atom. The van der Waals surface area contributed by atoms with Gasteiger partial charge in [0.2, 0.25) is 6.54 Å². The predicted molar refractivity (Wildman–Crippen MR) is 74.7 cm³/mol. The van der Waals surface area contributed by atoms with Crippen LogP contribution in [0.2, 0.25) is 5.02 Å². The van der Waals surface area contributed by atoms with E-state index in [0.29, 0.717) is 5.02 Å². The monoisotopic (exact) mass is 274 g/mol. The highest BCUT2D eigenvalue weighted by atomic mass is 35.5. The zero-order valence-corrected chi connectivity index (χ0v) is 10.9. The van der Waals surface area contributed by atoms with Crippen molar-refractivity contribution >= 4 is 29.7 Å². The Balaban J connectivity index is 2.09. The lowest BCUT2D eigenvalue weighted by Crippen LogP contribution is -2.36. The van der Waals surface area contributed by atoms with E-state index in [2.05, 4.69) is 0 Å². The van der Waals surface area contributed by atoms with Gasteiger partial charge < -0.3 is 5.11 Å². The summed E-state index contributed by atoms with van der Waals surface area (Å²) in [6.45, 7) is -0.0295. The highest BCUT2D eigenvalue weighted by Crippen LogP contribution is 2.13. The molecule has 0 saturated carbocycles. The molecule has 96 valence electrons. The second kappa shape index (κ2) is 6.16. The Labute approximate surface area is 116 Å². The Bertz CT molecular complexity index is 606. The summed E-state index contributed by atoms with van der Waals surface area (Å²) in [6.07, 6.45) is 7.40. The van der Waals surface area contributed by atoms with Crippen LogP contribution in [0.15, 0.2) is 48.8 Å². The maximum Gasteiger partial charge on any atom is 0.370 e. The molecular formula is C15H13ClNO2+. The lowest BCUT2D eigenvalue weighted by molar-refractivity contribution is -0.685. The molecular weight excluding hydrogens is 262 g/mol. The van der Waals surface area contributed by atoms with Crippen molar-refractivity contribution in [2.24, 2.45) is 0 Å². The van der Waals surface area contributed by atoms with Gasteiger partial charge in [-0.2, -0.15) is 4.57 Å². The van der Waals surface area contributed by atoms with Crippen LogP contribution >= 0.6 is 11.6 Å². The third-order valence-corrected chi connectivity index (χ3v) is 2.79. The first-order valence-corrected chi connectivity index (χ1v) is 6.16. The maximum absolute atomic E-state index is 10.5. The third-order valence-electron chi connectivity index (χ3n) is 2.55. The number of carbonyl (C=O) groups is 1. The van der Waals surface area contributed by atoms with Crippen molar-refractivity contribution in [2.75, 3.05) is 0 Å². The molecule has 3 nitrogen and oxygen atoms in total. The van der Waals surface area contributed by atoms with Crippen molar-refractivity contribution in [1.82, 2.24) is 0 Å². The van der Waals surface area contributed by atoms with Gasteiger partial charge in [0.25, 0.3) is 0 Å². The second-order valence-corrected chi connectivity index (χ2v) is 4.52. The van der Waals surface area contributed by atoms with Gasteiger partial charge >= 0.3 is 5.97 Å². The molecule has 0 saturated heterocycles. The quantitative estimate of drug-likeness (QED) is 0.871. The standard InChI is InChI=1S/C15H12ClNO2/c16-14-3-1-2-13(10-14)5-4-12-6-8-17(9-7-12)11-15(18)19/h1-10H,11H2/p+1/b5-4-. The summed E-state index contributed by atoms with van der Waals surface area (Å²) in [5.74, 6) is -0.854. The largest absolute Gasteiger partial charge is 0.477 e. The molecule has 4 heteroatoms. The van der Waals surface area contributed by atoms with E-state index in [1.165, 1.54) is 0 Å². The van der Waals surface area contributed by atoms with Crippen LogP contribution in [0, 0.1) is 0 Å². The van der Waals surface area contributed by atoms with Gasteiger partial charge in [0.1, 0.15) is 0 Å².